The SMILES string of the molecule is N#CCCOc1ccc(C#CCCS)cc1. The Morgan fingerprint density at radius 1 is 1.19 bits per heavy atom. The highest BCUT2D eigenvalue weighted by molar-refractivity contribution is 7.80. The van der Waals surface area contributed by atoms with Crippen LogP contribution in [0.5, 0.6) is 5.75 Å². The minimum absolute atomic E-state index is 0.406. The number of benzene rings is 1. The Kier molecular flexibility index (Phi) is 5.99. The van der Waals surface area contributed by atoms with Crippen molar-refractivity contribution in [1.82, 2.24) is 0 Å². The summed E-state index contributed by atoms with van der Waals surface area (Å²) < 4.78 is 5.34. The minimum atomic E-state index is 0.406. The lowest BCUT2D eigenvalue weighted by Crippen LogP contribution is -1.95. The van der Waals surface area contributed by atoms with E-state index < -0.39 is 0 Å². The Hall–Kier alpha value is -1.58. The molecule has 0 radical (unpaired) electrons. The van der Waals surface area contributed by atoms with Gasteiger partial charge in [-0.1, -0.05) is 11.8 Å². The summed E-state index contributed by atoms with van der Waals surface area (Å²) >= 11 is 4.08. The number of hydrogen-bond acceptors (Lipinski definition) is 3. The maximum absolute atomic E-state index is 8.35. The molecule has 0 saturated carbocycles. The van der Waals surface area contributed by atoms with Crippen LogP contribution in [0.25, 0.3) is 0 Å². The van der Waals surface area contributed by atoms with Gasteiger partial charge in [-0.2, -0.15) is 17.9 Å². The van der Waals surface area contributed by atoms with Crippen LogP contribution in [0, 0.1) is 23.2 Å². The van der Waals surface area contributed by atoms with E-state index in [9.17, 15) is 0 Å². The monoisotopic (exact) mass is 231 g/mol. The molecule has 3 heteroatoms. The van der Waals surface area contributed by atoms with Crippen LogP contribution in [0.15, 0.2) is 24.3 Å². The van der Waals surface area contributed by atoms with Crippen molar-refractivity contribution in [2.75, 3.05) is 12.4 Å². The zero-order valence-corrected chi connectivity index (χ0v) is 9.83. The van der Waals surface area contributed by atoms with Gasteiger partial charge in [-0.25, -0.2) is 0 Å². The molecule has 16 heavy (non-hydrogen) atoms. The predicted molar refractivity (Wildman–Crippen MR) is 67.5 cm³/mol. The zero-order chi connectivity index (χ0) is 11.6. The molecule has 0 N–H and O–H groups in total. The topological polar surface area (TPSA) is 33.0 Å². The molecule has 82 valence electrons. The van der Waals surface area contributed by atoms with Crippen molar-refractivity contribution in [2.24, 2.45) is 0 Å². The third-order valence-electron chi connectivity index (χ3n) is 1.81. The van der Waals surface area contributed by atoms with Gasteiger partial charge in [0.25, 0.3) is 0 Å². The molecule has 0 aliphatic carbocycles. The molecule has 0 fully saturated rings. The summed E-state index contributed by atoms with van der Waals surface area (Å²) in [6.07, 6.45) is 1.20. The molecule has 0 heterocycles. The van der Waals surface area contributed by atoms with E-state index in [-0.39, 0.29) is 0 Å². The van der Waals surface area contributed by atoms with E-state index in [0.717, 1.165) is 23.5 Å². The second-order valence-corrected chi connectivity index (χ2v) is 3.50. The van der Waals surface area contributed by atoms with E-state index in [4.69, 9.17) is 10.00 Å². The smallest absolute Gasteiger partial charge is 0.119 e. The average molecular weight is 231 g/mol. The van der Waals surface area contributed by atoms with Crippen molar-refractivity contribution < 1.29 is 4.74 Å². The Morgan fingerprint density at radius 3 is 2.56 bits per heavy atom. The summed E-state index contributed by atoms with van der Waals surface area (Å²) in [7, 11) is 0. The number of thiol groups is 1. The van der Waals surface area contributed by atoms with Gasteiger partial charge in [0, 0.05) is 17.7 Å². The maximum Gasteiger partial charge on any atom is 0.119 e. The van der Waals surface area contributed by atoms with E-state index in [1.165, 1.54) is 0 Å². The first-order chi connectivity index (χ1) is 7.86. The second kappa shape index (κ2) is 7.68. The highest BCUT2D eigenvalue weighted by Crippen LogP contribution is 2.11. The van der Waals surface area contributed by atoms with Gasteiger partial charge in [0.05, 0.1) is 12.5 Å². The zero-order valence-electron chi connectivity index (χ0n) is 8.94. The highest BCUT2D eigenvalue weighted by atomic mass is 32.1. The number of ether oxygens (including phenoxy) is 1. The van der Waals surface area contributed by atoms with Gasteiger partial charge in [0.15, 0.2) is 0 Å². The van der Waals surface area contributed by atoms with Gasteiger partial charge in [0.2, 0.25) is 0 Å². The predicted octanol–water partition coefficient (Wildman–Crippen LogP) is 2.65. The quantitative estimate of drug-likeness (QED) is 0.491. The molecule has 0 unspecified atom stereocenters. The van der Waals surface area contributed by atoms with E-state index in [0.29, 0.717) is 13.0 Å². The number of nitriles is 1. The maximum atomic E-state index is 8.35. The summed E-state index contributed by atoms with van der Waals surface area (Å²) in [5.41, 5.74) is 0.967. The molecule has 1 aromatic rings. The van der Waals surface area contributed by atoms with Crippen LogP contribution >= 0.6 is 12.6 Å². The van der Waals surface area contributed by atoms with Crippen LogP contribution in [0.2, 0.25) is 0 Å². The third-order valence-corrected chi connectivity index (χ3v) is 2.03. The number of rotatable bonds is 4. The minimum Gasteiger partial charge on any atom is -0.493 e. The molecular weight excluding hydrogens is 218 g/mol. The molecule has 0 saturated heterocycles. The van der Waals surface area contributed by atoms with E-state index >= 15 is 0 Å². The fourth-order valence-corrected chi connectivity index (χ4v) is 1.18. The summed E-state index contributed by atoms with van der Waals surface area (Å²) in [4.78, 5) is 0. The molecule has 0 aromatic heterocycles. The summed E-state index contributed by atoms with van der Waals surface area (Å²) in [6, 6.07) is 9.58. The molecule has 1 rings (SSSR count). The summed E-state index contributed by atoms with van der Waals surface area (Å²) in [6.45, 7) is 0.432. The second-order valence-electron chi connectivity index (χ2n) is 3.06. The van der Waals surface area contributed by atoms with Crippen LogP contribution < -0.4 is 4.74 Å². The van der Waals surface area contributed by atoms with Crippen molar-refractivity contribution in [1.29, 1.82) is 5.26 Å². The van der Waals surface area contributed by atoms with Gasteiger partial charge in [0.1, 0.15) is 12.4 Å². The van der Waals surface area contributed by atoms with Gasteiger partial charge < -0.3 is 4.74 Å². The normalized spacial score (nSPS) is 8.75. The molecule has 0 bridgehead atoms. The summed E-state index contributed by atoms with van der Waals surface area (Å²) in [5, 5.41) is 8.35. The molecule has 1 aromatic carbocycles. The molecule has 0 aliphatic heterocycles. The van der Waals surface area contributed by atoms with Crippen LogP contribution in [-0.4, -0.2) is 12.4 Å². The number of hydrogen-bond donors (Lipinski definition) is 1. The molecule has 0 amide bonds. The Labute approximate surface area is 102 Å². The Balaban J connectivity index is 2.49. The van der Waals surface area contributed by atoms with E-state index in [1.807, 2.05) is 30.3 Å². The average Bonchev–Trinajstić information content (AvgIpc) is 2.32. The Morgan fingerprint density at radius 2 is 1.94 bits per heavy atom. The van der Waals surface area contributed by atoms with Gasteiger partial charge in [-0.05, 0) is 24.3 Å². The first-order valence-corrected chi connectivity index (χ1v) is 5.69. The van der Waals surface area contributed by atoms with Crippen LogP contribution in [0.4, 0.5) is 0 Å². The largest absolute Gasteiger partial charge is 0.493 e. The third kappa shape index (κ3) is 4.77. The van der Waals surface area contributed by atoms with Gasteiger partial charge in [-0.3, -0.25) is 0 Å². The van der Waals surface area contributed by atoms with E-state index in [2.05, 4.69) is 24.5 Å². The van der Waals surface area contributed by atoms with Gasteiger partial charge >= 0.3 is 0 Å². The fourth-order valence-electron chi connectivity index (χ4n) is 1.07. The number of nitrogens with zero attached hydrogens (tertiary/aromatic N) is 1. The van der Waals surface area contributed by atoms with Crippen molar-refractivity contribution in [3.05, 3.63) is 29.8 Å². The molecule has 0 aliphatic rings. The van der Waals surface area contributed by atoms with Crippen molar-refractivity contribution in [3.63, 3.8) is 0 Å². The van der Waals surface area contributed by atoms with Crippen molar-refractivity contribution in [2.45, 2.75) is 12.8 Å². The Bertz CT molecular complexity index is 408. The van der Waals surface area contributed by atoms with Crippen LogP contribution in [0.3, 0.4) is 0 Å². The molecule has 0 atom stereocenters. The standard InChI is InChI=1S/C13H13NOS/c14-9-3-10-15-13-7-5-12(6-8-13)4-1-2-11-16/h5-8,16H,2-3,10-11H2. The lowest BCUT2D eigenvalue weighted by Gasteiger charge is -2.02. The van der Waals surface area contributed by atoms with Gasteiger partial charge in [-0.15, -0.1) is 0 Å². The first-order valence-electron chi connectivity index (χ1n) is 5.06. The van der Waals surface area contributed by atoms with Crippen LogP contribution in [0.1, 0.15) is 18.4 Å². The molecule has 0 spiro atoms. The van der Waals surface area contributed by atoms with Crippen molar-refractivity contribution in [3.8, 4) is 23.7 Å². The lowest BCUT2D eigenvalue weighted by atomic mass is 10.2. The molecular formula is C13H13NOS. The first kappa shape index (κ1) is 12.5. The fraction of sp³-hybridized carbons (Fsp3) is 0.308. The highest BCUT2D eigenvalue weighted by Gasteiger charge is 1.92. The summed E-state index contributed by atoms with van der Waals surface area (Å²) in [5.74, 6) is 7.60. The lowest BCUT2D eigenvalue weighted by molar-refractivity contribution is 0.326. The van der Waals surface area contributed by atoms with Crippen molar-refractivity contribution >= 4 is 12.6 Å². The van der Waals surface area contributed by atoms with Crippen LogP contribution in [-0.2, 0) is 0 Å². The van der Waals surface area contributed by atoms with E-state index in [1.54, 1.807) is 0 Å². The molecule has 2 nitrogen and oxygen atoms in total.